The van der Waals surface area contributed by atoms with Crippen LogP contribution in [0.1, 0.15) is 5.69 Å². The number of hydrogen-bond donors (Lipinski definition) is 1. The number of sulfonamides is 1. The van der Waals surface area contributed by atoms with E-state index < -0.39 is 10.0 Å². The summed E-state index contributed by atoms with van der Waals surface area (Å²) < 4.78 is 26.9. The molecule has 1 heterocycles. The zero-order valence-corrected chi connectivity index (χ0v) is 9.68. The number of aryl methyl sites for hydroxylation is 1. The highest BCUT2D eigenvalue weighted by Gasteiger charge is 2.14. The Kier molecular flexibility index (Phi) is 3.09. The van der Waals surface area contributed by atoms with Gasteiger partial charge in [0.15, 0.2) is 0 Å². The van der Waals surface area contributed by atoms with Crippen molar-refractivity contribution in [3.8, 4) is 0 Å². The lowest BCUT2D eigenvalue weighted by molar-refractivity contribution is 0.584. The van der Waals surface area contributed by atoms with Gasteiger partial charge in [-0.3, -0.25) is 4.68 Å². The maximum absolute atomic E-state index is 11.2. The zero-order valence-electron chi connectivity index (χ0n) is 7.28. The molecule has 0 amide bonds. The van der Waals surface area contributed by atoms with Gasteiger partial charge in [-0.1, -0.05) is 0 Å². The minimum Gasteiger partial charge on any atom is -0.270 e. The summed E-state index contributed by atoms with van der Waals surface area (Å²) >= 11 is 3.22. The summed E-state index contributed by atoms with van der Waals surface area (Å²) in [5.41, 5.74) is 0.634. The van der Waals surface area contributed by atoms with Crippen LogP contribution in [0.4, 0.5) is 0 Å². The minimum absolute atomic E-state index is 0.0689. The third-order valence-electron chi connectivity index (χ3n) is 1.65. The van der Waals surface area contributed by atoms with E-state index in [1.807, 2.05) is 0 Å². The molecule has 0 unspecified atom stereocenters. The Bertz CT molecular complexity index is 379. The summed E-state index contributed by atoms with van der Waals surface area (Å²) in [6.45, 7) is 0. The fraction of sp³-hybridized carbons (Fsp3) is 0.500. The fourth-order valence-electron chi connectivity index (χ4n) is 0.851. The molecule has 5 nitrogen and oxygen atoms in total. The summed E-state index contributed by atoms with van der Waals surface area (Å²) in [4.78, 5) is 0. The molecule has 1 aromatic heterocycles. The molecule has 13 heavy (non-hydrogen) atoms. The van der Waals surface area contributed by atoms with Gasteiger partial charge in [-0.25, -0.2) is 13.1 Å². The average Bonchev–Trinajstić information content (AvgIpc) is 2.36. The average molecular weight is 268 g/mol. The topological polar surface area (TPSA) is 64.0 Å². The Morgan fingerprint density at radius 1 is 1.69 bits per heavy atom. The van der Waals surface area contributed by atoms with E-state index in [1.165, 1.54) is 11.7 Å². The van der Waals surface area contributed by atoms with E-state index in [0.29, 0.717) is 10.2 Å². The van der Waals surface area contributed by atoms with E-state index in [1.54, 1.807) is 13.2 Å². The maximum atomic E-state index is 11.2. The molecule has 0 aromatic carbocycles. The van der Waals surface area contributed by atoms with Gasteiger partial charge < -0.3 is 0 Å². The Hall–Kier alpha value is -0.400. The number of halogens is 1. The second kappa shape index (κ2) is 3.77. The van der Waals surface area contributed by atoms with Crippen molar-refractivity contribution in [2.45, 2.75) is 5.75 Å². The number of aromatic nitrogens is 2. The largest absolute Gasteiger partial charge is 0.270 e. The lowest BCUT2D eigenvalue weighted by Crippen LogP contribution is -2.21. The van der Waals surface area contributed by atoms with Crippen LogP contribution in [0.2, 0.25) is 0 Å². The molecule has 1 aromatic rings. The third-order valence-corrected chi connectivity index (χ3v) is 3.59. The molecule has 0 bridgehead atoms. The molecule has 0 atom stereocenters. The van der Waals surface area contributed by atoms with Crippen molar-refractivity contribution in [2.75, 3.05) is 7.05 Å². The fourth-order valence-corrected chi connectivity index (χ4v) is 2.37. The standard InChI is InChI=1S/C6H10BrN3O2S/c1-8-13(11,12)4-6-5(7)3-9-10(6)2/h3,8H,4H2,1-2H3. The summed E-state index contributed by atoms with van der Waals surface area (Å²) in [5, 5.41) is 3.91. The number of rotatable bonds is 3. The predicted octanol–water partition coefficient (Wildman–Crippen LogP) is 0.232. The third kappa shape index (κ3) is 2.52. The molecule has 0 spiro atoms. The van der Waals surface area contributed by atoms with Crippen molar-refractivity contribution in [3.05, 3.63) is 16.4 Å². The highest BCUT2D eigenvalue weighted by atomic mass is 79.9. The first-order chi connectivity index (χ1) is 5.96. The molecule has 0 aliphatic heterocycles. The zero-order chi connectivity index (χ0) is 10.1. The molecule has 0 aliphatic carbocycles. The molecule has 1 N–H and O–H groups in total. The first kappa shape index (κ1) is 10.7. The van der Waals surface area contributed by atoms with Gasteiger partial charge in [-0.05, 0) is 23.0 Å². The van der Waals surface area contributed by atoms with Crippen LogP contribution in [-0.2, 0) is 22.8 Å². The molecule has 1 rings (SSSR count). The second-order valence-electron chi connectivity index (χ2n) is 2.53. The van der Waals surface area contributed by atoms with Crippen LogP contribution in [0.15, 0.2) is 10.7 Å². The quantitative estimate of drug-likeness (QED) is 0.853. The van der Waals surface area contributed by atoms with Crippen LogP contribution in [0.25, 0.3) is 0 Å². The van der Waals surface area contributed by atoms with Crippen molar-refractivity contribution in [3.63, 3.8) is 0 Å². The second-order valence-corrected chi connectivity index (χ2v) is 5.31. The van der Waals surface area contributed by atoms with Crippen molar-refractivity contribution in [1.29, 1.82) is 0 Å². The van der Waals surface area contributed by atoms with Crippen LogP contribution < -0.4 is 4.72 Å². The Morgan fingerprint density at radius 3 is 2.69 bits per heavy atom. The number of nitrogens with one attached hydrogen (secondary N) is 1. The Labute approximate surface area is 85.3 Å². The highest BCUT2D eigenvalue weighted by Crippen LogP contribution is 2.16. The molecule has 0 saturated heterocycles. The van der Waals surface area contributed by atoms with Crippen LogP contribution in [-0.4, -0.2) is 25.2 Å². The normalized spacial score (nSPS) is 11.9. The van der Waals surface area contributed by atoms with Crippen LogP contribution in [0, 0.1) is 0 Å². The molecule has 0 radical (unpaired) electrons. The monoisotopic (exact) mass is 267 g/mol. The first-order valence-electron chi connectivity index (χ1n) is 3.54. The summed E-state index contributed by atoms with van der Waals surface area (Å²) in [6.07, 6.45) is 1.57. The lowest BCUT2D eigenvalue weighted by atomic mass is 10.5. The smallest absolute Gasteiger partial charge is 0.217 e. The minimum atomic E-state index is -3.23. The molecule has 0 saturated carbocycles. The highest BCUT2D eigenvalue weighted by molar-refractivity contribution is 9.10. The van der Waals surface area contributed by atoms with E-state index in [2.05, 4.69) is 25.8 Å². The van der Waals surface area contributed by atoms with Gasteiger partial charge in [-0.2, -0.15) is 5.10 Å². The number of hydrogen-bond acceptors (Lipinski definition) is 3. The first-order valence-corrected chi connectivity index (χ1v) is 5.98. The molecular formula is C6H10BrN3O2S. The summed E-state index contributed by atoms with van der Waals surface area (Å²) in [5.74, 6) is -0.0689. The van der Waals surface area contributed by atoms with Gasteiger partial charge in [0, 0.05) is 7.05 Å². The van der Waals surface area contributed by atoms with Crippen molar-refractivity contribution in [2.24, 2.45) is 7.05 Å². The van der Waals surface area contributed by atoms with Gasteiger partial charge in [0.2, 0.25) is 10.0 Å². The van der Waals surface area contributed by atoms with Crippen molar-refractivity contribution < 1.29 is 8.42 Å². The van der Waals surface area contributed by atoms with E-state index in [9.17, 15) is 8.42 Å². The Morgan fingerprint density at radius 2 is 2.31 bits per heavy atom. The summed E-state index contributed by atoms with van der Waals surface area (Å²) in [7, 11) is -0.140. The van der Waals surface area contributed by atoms with Crippen LogP contribution in [0.3, 0.4) is 0 Å². The van der Waals surface area contributed by atoms with Gasteiger partial charge in [-0.15, -0.1) is 0 Å². The molecule has 0 aliphatic rings. The van der Waals surface area contributed by atoms with E-state index in [4.69, 9.17) is 0 Å². The van der Waals surface area contributed by atoms with Crippen LogP contribution >= 0.6 is 15.9 Å². The van der Waals surface area contributed by atoms with Gasteiger partial charge in [0.1, 0.15) is 5.75 Å². The van der Waals surface area contributed by atoms with Crippen molar-refractivity contribution in [1.82, 2.24) is 14.5 Å². The maximum Gasteiger partial charge on any atom is 0.217 e. The van der Waals surface area contributed by atoms with Gasteiger partial charge >= 0.3 is 0 Å². The molecule has 0 fully saturated rings. The predicted molar refractivity (Wildman–Crippen MR) is 52.6 cm³/mol. The SMILES string of the molecule is CNS(=O)(=O)Cc1c(Br)cnn1C. The van der Waals surface area contributed by atoms with E-state index in [0.717, 1.165) is 0 Å². The lowest BCUT2D eigenvalue weighted by Gasteiger charge is -2.03. The van der Waals surface area contributed by atoms with E-state index in [-0.39, 0.29) is 5.75 Å². The molecule has 74 valence electrons. The Balaban J connectivity index is 2.99. The van der Waals surface area contributed by atoms with E-state index >= 15 is 0 Å². The van der Waals surface area contributed by atoms with Gasteiger partial charge in [0.25, 0.3) is 0 Å². The van der Waals surface area contributed by atoms with Crippen molar-refractivity contribution >= 4 is 26.0 Å². The van der Waals surface area contributed by atoms with Gasteiger partial charge in [0.05, 0.1) is 16.4 Å². The molecular weight excluding hydrogens is 258 g/mol. The number of nitrogens with zero attached hydrogens (tertiary/aromatic N) is 2. The summed E-state index contributed by atoms with van der Waals surface area (Å²) in [6, 6.07) is 0. The molecule has 7 heteroatoms. The van der Waals surface area contributed by atoms with Crippen LogP contribution in [0.5, 0.6) is 0 Å².